The molecule has 6 N–H and O–H groups in total. The van der Waals surface area contributed by atoms with E-state index >= 15 is 0 Å². The molecular formula is C23H36N7O10P. The molecule has 0 radical (unpaired) electrons. The van der Waals surface area contributed by atoms with Crippen molar-refractivity contribution in [1.82, 2.24) is 29.4 Å². The van der Waals surface area contributed by atoms with Crippen molar-refractivity contribution in [1.29, 1.82) is 0 Å². The topological polar surface area (TPSA) is 234 Å². The van der Waals surface area contributed by atoms with E-state index in [2.05, 4.69) is 20.0 Å². The SMILES string of the molecule is COc1nc(N)nc2c1ncn2[C@@H]1O[C@H](COP(=O)(NC(C)C(=O)O)N(OC2CCCC2)[C@@H](C)C=O)[C@@H](O)[C@@]1(C)O. The van der Waals surface area contributed by atoms with E-state index in [0.717, 1.165) is 17.7 Å². The number of fused-ring (bicyclic) bond motifs is 1. The largest absolute Gasteiger partial charge is 0.480 e. The van der Waals surface area contributed by atoms with Crippen LogP contribution >= 0.6 is 7.67 Å². The Kier molecular flexibility index (Phi) is 9.30. The molecule has 1 saturated heterocycles. The van der Waals surface area contributed by atoms with Crippen molar-refractivity contribution >= 4 is 37.0 Å². The Labute approximate surface area is 235 Å². The molecule has 0 aromatic carbocycles. The molecule has 17 nitrogen and oxygen atoms in total. The maximum Gasteiger partial charge on any atom is 0.367 e. The zero-order valence-electron chi connectivity index (χ0n) is 23.1. The summed E-state index contributed by atoms with van der Waals surface area (Å²) in [6, 6.07) is -2.45. The summed E-state index contributed by atoms with van der Waals surface area (Å²) < 4.78 is 32.5. The van der Waals surface area contributed by atoms with E-state index in [4.69, 9.17) is 24.6 Å². The van der Waals surface area contributed by atoms with Gasteiger partial charge in [0.15, 0.2) is 17.4 Å². The first-order chi connectivity index (χ1) is 19.3. The third-order valence-electron chi connectivity index (χ3n) is 7.11. The molecule has 7 atom stereocenters. The van der Waals surface area contributed by atoms with Crippen LogP contribution in [0.4, 0.5) is 5.95 Å². The molecule has 1 aliphatic carbocycles. The zero-order valence-corrected chi connectivity index (χ0v) is 24.0. The number of nitrogens with one attached hydrogen (secondary N) is 1. The van der Waals surface area contributed by atoms with Crippen LogP contribution in [0.15, 0.2) is 6.33 Å². The van der Waals surface area contributed by atoms with Crippen molar-refractivity contribution in [3.05, 3.63) is 6.33 Å². The lowest BCUT2D eigenvalue weighted by Crippen LogP contribution is -2.46. The van der Waals surface area contributed by atoms with Crippen LogP contribution in [0.1, 0.15) is 52.7 Å². The monoisotopic (exact) mass is 601 g/mol. The lowest BCUT2D eigenvalue weighted by molar-refractivity contribution is -0.166. The predicted molar refractivity (Wildman–Crippen MR) is 141 cm³/mol. The molecule has 228 valence electrons. The fourth-order valence-corrected chi connectivity index (χ4v) is 6.86. The molecule has 2 aliphatic rings. The number of carboxylic acids is 1. The Hall–Kier alpha value is -2.76. The predicted octanol–water partition coefficient (Wildman–Crippen LogP) is 0.377. The highest BCUT2D eigenvalue weighted by atomic mass is 31.2. The summed E-state index contributed by atoms with van der Waals surface area (Å²) in [5.74, 6) is -1.35. The minimum Gasteiger partial charge on any atom is -0.480 e. The number of aliphatic carboxylic acids is 1. The van der Waals surface area contributed by atoms with Crippen molar-refractivity contribution in [2.75, 3.05) is 19.5 Å². The van der Waals surface area contributed by atoms with Gasteiger partial charge in [-0.3, -0.25) is 18.8 Å². The molecular weight excluding hydrogens is 565 g/mol. The van der Waals surface area contributed by atoms with E-state index in [0.29, 0.717) is 19.1 Å². The first-order valence-electron chi connectivity index (χ1n) is 13.1. The van der Waals surface area contributed by atoms with E-state index in [1.54, 1.807) is 0 Å². The van der Waals surface area contributed by atoms with Crippen LogP contribution in [0.3, 0.4) is 0 Å². The number of carbonyl (C=O) groups excluding carboxylic acids is 1. The van der Waals surface area contributed by atoms with Crippen molar-refractivity contribution in [3.63, 3.8) is 0 Å². The van der Waals surface area contributed by atoms with E-state index in [1.807, 2.05) is 0 Å². The fourth-order valence-electron chi connectivity index (χ4n) is 4.82. The number of rotatable bonds is 13. The summed E-state index contributed by atoms with van der Waals surface area (Å²) in [4.78, 5) is 42.5. The number of aliphatic hydroxyl groups is 2. The summed E-state index contributed by atoms with van der Waals surface area (Å²) in [6.45, 7) is 3.42. The summed E-state index contributed by atoms with van der Waals surface area (Å²) in [5.41, 5.74) is 4.25. The summed E-state index contributed by atoms with van der Waals surface area (Å²) in [7, 11) is -3.04. The standard InChI is InChI=1S/C23H36N7O10P/c1-12(9-31)30(40-14-7-5-6-8-14)41(36,28-13(2)20(33)34)38-10-15-17(32)23(3,35)21(39-15)29-11-25-16-18(29)26-22(24)27-19(16)37-4/h9,11-15,17,21,32,35H,5-8,10H2,1-4H3,(H,28,36)(H,33,34)(H2,24,26,27)/t12-,13?,15+,17+,21+,23+,41?/m0/s1. The number of nitrogens with two attached hydrogens (primary N) is 1. The maximum absolute atomic E-state index is 14.2. The molecule has 18 heteroatoms. The number of ether oxygens (including phenoxy) is 2. The minimum atomic E-state index is -4.42. The van der Waals surface area contributed by atoms with Gasteiger partial charge in [0.05, 0.1) is 32.2 Å². The highest BCUT2D eigenvalue weighted by Gasteiger charge is 2.54. The number of nitrogen functional groups attached to an aromatic ring is 1. The van der Waals surface area contributed by atoms with Crippen molar-refractivity contribution < 1.29 is 48.3 Å². The van der Waals surface area contributed by atoms with Crippen LogP contribution < -0.4 is 15.6 Å². The average molecular weight is 602 g/mol. The summed E-state index contributed by atoms with van der Waals surface area (Å²) in [6.07, 6.45) is 0.395. The normalized spacial score (nSPS) is 28.1. The molecule has 1 saturated carbocycles. The highest BCUT2D eigenvalue weighted by Crippen LogP contribution is 2.51. The quantitative estimate of drug-likeness (QED) is 0.119. The minimum absolute atomic E-state index is 0.0931. The smallest absolute Gasteiger partial charge is 0.367 e. The van der Waals surface area contributed by atoms with E-state index in [1.165, 1.54) is 38.8 Å². The van der Waals surface area contributed by atoms with Gasteiger partial charge in [-0.25, -0.2) is 10.1 Å². The molecule has 2 unspecified atom stereocenters. The third-order valence-corrected chi connectivity index (χ3v) is 9.30. The maximum atomic E-state index is 14.2. The molecule has 0 spiro atoms. The van der Waals surface area contributed by atoms with E-state index in [9.17, 15) is 29.5 Å². The number of aliphatic hydroxyl groups excluding tert-OH is 1. The van der Waals surface area contributed by atoms with Crippen LogP contribution in [0.5, 0.6) is 5.88 Å². The second-order valence-corrected chi connectivity index (χ2v) is 12.3. The molecule has 3 heterocycles. The zero-order chi connectivity index (χ0) is 30.1. The van der Waals surface area contributed by atoms with E-state index in [-0.39, 0.29) is 29.1 Å². The third kappa shape index (κ3) is 6.22. The van der Waals surface area contributed by atoms with Crippen LogP contribution in [0.2, 0.25) is 0 Å². The Morgan fingerprint density at radius 1 is 1.39 bits per heavy atom. The Balaban J connectivity index is 1.61. The van der Waals surface area contributed by atoms with Gasteiger partial charge in [0, 0.05) is 0 Å². The molecule has 2 aromatic rings. The summed E-state index contributed by atoms with van der Waals surface area (Å²) >= 11 is 0. The molecule has 2 aromatic heterocycles. The highest BCUT2D eigenvalue weighted by molar-refractivity contribution is 7.54. The molecule has 0 amide bonds. The van der Waals surface area contributed by atoms with Crippen molar-refractivity contribution in [2.24, 2.45) is 0 Å². The van der Waals surface area contributed by atoms with Crippen LogP contribution in [-0.4, -0.2) is 102 Å². The first kappa shape index (κ1) is 31.2. The number of carboxylic acid groups (broad SMARTS) is 1. The van der Waals surface area contributed by atoms with Crippen LogP contribution in [0.25, 0.3) is 11.2 Å². The van der Waals surface area contributed by atoms with Crippen molar-refractivity contribution in [3.8, 4) is 5.88 Å². The van der Waals surface area contributed by atoms with Gasteiger partial charge >= 0.3 is 13.6 Å². The van der Waals surface area contributed by atoms with Crippen LogP contribution in [0, 0.1) is 0 Å². The molecule has 0 bridgehead atoms. The molecule has 41 heavy (non-hydrogen) atoms. The van der Waals surface area contributed by atoms with Gasteiger partial charge in [-0.2, -0.15) is 9.97 Å². The molecule has 4 rings (SSSR count). The number of aldehydes is 1. The number of hydrogen-bond acceptors (Lipinski definition) is 13. The van der Waals surface area contributed by atoms with Crippen molar-refractivity contribution in [2.45, 2.75) is 88.7 Å². The lowest BCUT2D eigenvalue weighted by Gasteiger charge is -2.35. The van der Waals surface area contributed by atoms with Gasteiger partial charge in [-0.1, -0.05) is 17.7 Å². The first-order valence-corrected chi connectivity index (χ1v) is 14.7. The van der Waals surface area contributed by atoms with Gasteiger partial charge < -0.3 is 39.8 Å². The number of aromatic nitrogens is 4. The van der Waals surface area contributed by atoms with Crippen LogP contribution in [-0.2, 0) is 28.3 Å². The number of hydroxylamine groups is 1. The van der Waals surface area contributed by atoms with Gasteiger partial charge in [0.1, 0.15) is 30.1 Å². The second-order valence-electron chi connectivity index (χ2n) is 10.3. The Bertz CT molecular complexity index is 1300. The van der Waals surface area contributed by atoms with Gasteiger partial charge in [-0.05, 0) is 33.6 Å². The number of imidazole rings is 1. The average Bonchev–Trinajstić information content (AvgIpc) is 3.64. The second kappa shape index (κ2) is 12.2. The Morgan fingerprint density at radius 3 is 2.68 bits per heavy atom. The molecule has 1 aliphatic heterocycles. The number of nitrogens with zero attached hydrogens (tertiary/aromatic N) is 5. The lowest BCUT2D eigenvalue weighted by atomic mass is 9.96. The van der Waals surface area contributed by atoms with E-state index < -0.39 is 56.4 Å². The number of methoxy groups -OCH3 is 1. The summed E-state index contributed by atoms with van der Waals surface area (Å²) in [5, 5.41) is 34.2. The number of carbonyl (C=O) groups is 2. The van der Waals surface area contributed by atoms with Gasteiger partial charge in [-0.15, -0.1) is 0 Å². The van der Waals surface area contributed by atoms with Gasteiger partial charge in [0.2, 0.25) is 11.8 Å². The fraction of sp³-hybridized carbons (Fsp3) is 0.696. The van der Waals surface area contributed by atoms with Gasteiger partial charge in [0.25, 0.3) is 0 Å². The number of hydrogen-bond donors (Lipinski definition) is 5. The molecule has 2 fully saturated rings. The number of anilines is 1. The Morgan fingerprint density at radius 2 is 2.07 bits per heavy atom.